The second-order valence-electron chi connectivity index (χ2n) is 3.21. The van der Waals surface area contributed by atoms with Gasteiger partial charge in [0.25, 0.3) is 0 Å². The summed E-state index contributed by atoms with van der Waals surface area (Å²) < 4.78 is 4.80. The predicted molar refractivity (Wildman–Crippen MR) is 58.0 cm³/mol. The van der Waals surface area contributed by atoms with Gasteiger partial charge in [-0.25, -0.2) is 0 Å². The number of carbonyl (C=O) groups excluding carboxylic acids is 1. The van der Waals surface area contributed by atoms with Crippen LogP contribution in [0.2, 0.25) is 0 Å². The smallest absolute Gasteiger partial charge is 0.324 e. The van der Waals surface area contributed by atoms with Gasteiger partial charge in [0.2, 0.25) is 0 Å². The van der Waals surface area contributed by atoms with Crippen molar-refractivity contribution in [2.45, 2.75) is 19.0 Å². The van der Waals surface area contributed by atoms with Crippen molar-refractivity contribution in [3.05, 3.63) is 35.9 Å². The molecule has 82 valence electrons. The molecule has 2 atom stereocenters. The lowest BCUT2D eigenvalue weighted by Crippen LogP contribution is -2.42. The monoisotopic (exact) mass is 208 g/mol. The van der Waals surface area contributed by atoms with Gasteiger partial charge in [-0.1, -0.05) is 30.3 Å². The normalized spacial score (nSPS) is 14.3. The summed E-state index contributed by atoms with van der Waals surface area (Å²) in [4.78, 5) is 11.3. The summed E-state index contributed by atoms with van der Waals surface area (Å²) in [5, 5.41) is 0. The summed E-state index contributed by atoms with van der Waals surface area (Å²) in [5.41, 5.74) is 12.4. The van der Waals surface area contributed by atoms with Crippen LogP contribution in [0.15, 0.2) is 30.3 Å². The first kappa shape index (κ1) is 11.7. The lowest BCUT2D eigenvalue weighted by atomic mass is 10.0. The van der Waals surface area contributed by atoms with Crippen molar-refractivity contribution in [3.8, 4) is 0 Å². The zero-order valence-corrected chi connectivity index (χ0v) is 8.72. The molecule has 0 unspecified atom stereocenters. The minimum atomic E-state index is -0.813. The van der Waals surface area contributed by atoms with Crippen LogP contribution in [-0.2, 0) is 9.53 Å². The number of benzene rings is 1. The first-order valence-corrected chi connectivity index (χ1v) is 4.89. The second kappa shape index (κ2) is 5.48. The van der Waals surface area contributed by atoms with E-state index in [2.05, 4.69) is 0 Å². The number of carbonyl (C=O) groups is 1. The fourth-order valence-electron chi connectivity index (χ4n) is 1.27. The van der Waals surface area contributed by atoms with Crippen molar-refractivity contribution in [3.63, 3.8) is 0 Å². The molecule has 15 heavy (non-hydrogen) atoms. The number of hydrogen-bond acceptors (Lipinski definition) is 4. The minimum Gasteiger partial charge on any atom is -0.465 e. The van der Waals surface area contributed by atoms with E-state index in [1.807, 2.05) is 30.3 Å². The Morgan fingerprint density at radius 1 is 1.33 bits per heavy atom. The van der Waals surface area contributed by atoms with E-state index in [0.29, 0.717) is 6.61 Å². The van der Waals surface area contributed by atoms with Crippen LogP contribution >= 0.6 is 0 Å². The van der Waals surface area contributed by atoms with Gasteiger partial charge >= 0.3 is 5.97 Å². The lowest BCUT2D eigenvalue weighted by molar-refractivity contribution is -0.145. The molecule has 0 bridgehead atoms. The van der Waals surface area contributed by atoms with E-state index in [-0.39, 0.29) is 0 Å². The molecule has 0 fully saturated rings. The summed E-state index contributed by atoms with van der Waals surface area (Å²) in [6, 6.07) is 7.93. The molecule has 1 aromatic rings. The van der Waals surface area contributed by atoms with E-state index in [1.165, 1.54) is 0 Å². The highest BCUT2D eigenvalue weighted by Crippen LogP contribution is 2.13. The molecule has 0 radical (unpaired) electrons. The molecule has 0 aliphatic rings. The van der Waals surface area contributed by atoms with E-state index in [0.717, 1.165) is 5.56 Å². The van der Waals surface area contributed by atoms with Crippen molar-refractivity contribution in [2.75, 3.05) is 6.61 Å². The average Bonchev–Trinajstić information content (AvgIpc) is 2.28. The summed E-state index contributed by atoms with van der Waals surface area (Å²) >= 11 is 0. The van der Waals surface area contributed by atoms with Crippen LogP contribution in [0.3, 0.4) is 0 Å². The molecule has 0 heterocycles. The maximum atomic E-state index is 11.3. The molecule has 1 aromatic carbocycles. The Morgan fingerprint density at radius 2 is 1.93 bits per heavy atom. The fraction of sp³-hybridized carbons (Fsp3) is 0.364. The van der Waals surface area contributed by atoms with Gasteiger partial charge in [-0.05, 0) is 12.5 Å². The van der Waals surface area contributed by atoms with Crippen LogP contribution in [0, 0.1) is 0 Å². The van der Waals surface area contributed by atoms with E-state index in [4.69, 9.17) is 16.2 Å². The average molecular weight is 208 g/mol. The van der Waals surface area contributed by atoms with Gasteiger partial charge in [0.15, 0.2) is 0 Å². The quantitative estimate of drug-likeness (QED) is 0.709. The molecular formula is C11H16N2O2. The van der Waals surface area contributed by atoms with Crippen molar-refractivity contribution in [1.82, 2.24) is 0 Å². The number of hydrogen-bond donors (Lipinski definition) is 2. The van der Waals surface area contributed by atoms with Crippen molar-refractivity contribution in [2.24, 2.45) is 11.5 Å². The van der Waals surface area contributed by atoms with Crippen LogP contribution in [0.5, 0.6) is 0 Å². The van der Waals surface area contributed by atoms with Crippen LogP contribution in [0.25, 0.3) is 0 Å². The third-order valence-corrected chi connectivity index (χ3v) is 2.13. The molecule has 4 heteroatoms. The van der Waals surface area contributed by atoms with E-state index >= 15 is 0 Å². The van der Waals surface area contributed by atoms with Crippen LogP contribution in [0.4, 0.5) is 0 Å². The van der Waals surface area contributed by atoms with Gasteiger partial charge in [0, 0.05) is 0 Å². The van der Waals surface area contributed by atoms with Gasteiger partial charge in [0.1, 0.15) is 6.04 Å². The lowest BCUT2D eigenvalue weighted by Gasteiger charge is -2.18. The topological polar surface area (TPSA) is 78.3 Å². The van der Waals surface area contributed by atoms with Gasteiger partial charge < -0.3 is 16.2 Å². The van der Waals surface area contributed by atoms with E-state index < -0.39 is 18.1 Å². The van der Waals surface area contributed by atoms with E-state index in [1.54, 1.807) is 6.92 Å². The first-order valence-electron chi connectivity index (χ1n) is 4.89. The first-order chi connectivity index (χ1) is 7.16. The summed E-state index contributed by atoms with van der Waals surface area (Å²) in [7, 11) is 0. The van der Waals surface area contributed by atoms with Crippen molar-refractivity contribution < 1.29 is 9.53 Å². The minimum absolute atomic E-state index is 0.314. The number of esters is 1. The number of ether oxygens (including phenoxy) is 1. The molecular weight excluding hydrogens is 192 g/mol. The van der Waals surface area contributed by atoms with Crippen molar-refractivity contribution in [1.29, 1.82) is 0 Å². The Labute approximate surface area is 89.2 Å². The zero-order chi connectivity index (χ0) is 11.3. The largest absolute Gasteiger partial charge is 0.465 e. The second-order valence-corrected chi connectivity index (χ2v) is 3.21. The molecule has 0 aromatic heterocycles. The van der Waals surface area contributed by atoms with E-state index in [9.17, 15) is 4.79 Å². The molecule has 1 rings (SSSR count). The number of rotatable bonds is 4. The Morgan fingerprint density at radius 3 is 2.47 bits per heavy atom. The zero-order valence-electron chi connectivity index (χ0n) is 8.72. The molecule has 0 aliphatic carbocycles. The van der Waals surface area contributed by atoms with Gasteiger partial charge in [-0.15, -0.1) is 0 Å². The highest BCUT2D eigenvalue weighted by Gasteiger charge is 2.23. The van der Waals surface area contributed by atoms with Crippen LogP contribution in [0.1, 0.15) is 18.5 Å². The van der Waals surface area contributed by atoms with Crippen molar-refractivity contribution >= 4 is 5.97 Å². The standard InChI is InChI=1S/C11H16N2O2/c1-2-15-11(14)10(13)9(12)8-6-4-3-5-7-8/h3-7,9-10H,2,12-13H2,1H3/t9-,10-/m0/s1. The summed E-state index contributed by atoms with van der Waals surface area (Å²) in [6.45, 7) is 2.05. The maximum absolute atomic E-state index is 11.3. The van der Waals surface area contributed by atoms with Gasteiger partial charge in [-0.2, -0.15) is 0 Å². The van der Waals surface area contributed by atoms with Crippen LogP contribution < -0.4 is 11.5 Å². The Balaban J connectivity index is 2.68. The maximum Gasteiger partial charge on any atom is 0.324 e. The fourth-order valence-corrected chi connectivity index (χ4v) is 1.27. The van der Waals surface area contributed by atoms with Gasteiger partial charge in [0.05, 0.1) is 12.6 Å². The van der Waals surface area contributed by atoms with Gasteiger partial charge in [-0.3, -0.25) is 4.79 Å². The Hall–Kier alpha value is -1.39. The Kier molecular flexibility index (Phi) is 4.27. The molecule has 0 aliphatic heterocycles. The molecule has 0 amide bonds. The highest BCUT2D eigenvalue weighted by molar-refractivity contribution is 5.76. The molecule has 0 saturated heterocycles. The Bertz CT molecular complexity index is 314. The third-order valence-electron chi connectivity index (χ3n) is 2.13. The van der Waals surface area contributed by atoms with Crippen LogP contribution in [-0.4, -0.2) is 18.6 Å². The molecule has 4 N–H and O–H groups in total. The highest BCUT2D eigenvalue weighted by atomic mass is 16.5. The third kappa shape index (κ3) is 3.04. The summed E-state index contributed by atoms with van der Waals surface area (Å²) in [5.74, 6) is -0.464. The molecule has 0 spiro atoms. The molecule has 4 nitrogen and oxygen atoms in total. The SMILES string of the molecule is CCOC(=O)[C@@H](N)[C@@H](N)c1ccccc1. The summed E-state index contributed by atoms with van der Waals surface area (Å²) in [6.07, 6.45) is 0. The predicted octanol–water partition coefficient (Wildman–Crippen LogP) is 0.577. The molecule has 0 saturated carbocycles. The number of nitrogens with two attached hydrogens (primary N) is 2.